The van der Waals surface area contributed by atoms with Crippen molar-refractivity contribution in [2.45, 2.75) is 30.8 Å². The summed E-state index contributed by atoms with van der Waals surface area (Å²) in [5, 5.41) is 26.8. The number of hydrogen-bond acceptors (Lipinski definition) is 4. The highest BCUT2D eigenvalue weighted by Gasteiger charge is 2.61. The van der Waals surface area contributed by atoms with Gasteiger partial charge in [-0.25, -0.2) is 9.59 Å². The third kappa shape index (κ3) is 1.65. The number of aliphatic hydroxyl groups is 1. The summed E-state index contributed by atoms with van der Waals surface area (Å²) in [6, 6.07) is -3.34. The number of amides is 1. The topological polar surface area (TPSA) is 115 Å². The largest absolute Gasteiger partial charge is 0.505 e. The molecule has 1 fully saturated rings. The Labute approximate surface area is 104 Å². The van der Waals surface area contributed by atoms with Crippen LogP contribution in [0.25, 0.3) is 0 Å². The van der Waals surface area contributed by atoms with Crippen LogP contribution >= 0.6 is 0 Å². The first-order chi connectivity index (χ1) is 8.69. The number of fused-ring (bicyclic) bond motifs is 1. The number of carbonyl (C=O) groups excluding carboxylic acids is 1. The second kappa shape index (κ2) is 3.90. The Morgan fingerprint density at radius 3 is 2.32 bits per heavy atom. The molecule has 0 spiro atoms. The van der Waals surface area contributed by atoms with E-state index >= 15 is 0 Å². The molecule has 9 heteroatoms. The fraction of sp³-hybridized carbons (Fsp3) is 0.500. The van der Waals surface area contributed by atoms with Crippen LogP contribution in [0.3, 0.4) is 0 Å². The average Bonchev–Trinajstić information content (AvgIpc) is 2.71. The molecule has 0 aromatic heterocycles. The van der Waals surface area contributed by atoms with E-state index in [4.69, 9.17) is 10.2 Å². The molecule has 7 nitrogen and oxygen atoms in total. The molecule has 2 rings (SSSR count). The lowest BCUT2D eigenvalue weighted by molar-refractivity contribution is -0.159. The van der Waals surface area contributed by atoms with Crippen LogP contribution in [-0.2, 0) is 14.4 Å². The molecule has 3 N–H and O–H groups in total. The van der Waals surface area contributed by atoms with Gasteiger partial charge in [0, 0.05) is 0 Å². The second-order valence-electron chi connectivity index (χ2n) is 4.31. The highest BCUT2D eigenvalue weighted by atomic mass is 19.3. The molecule has 0 aromatic carbocycles. The Morgan fingerprint density at radius 1 is 1.26 bits per heavy atom. The number of carboxylic acids is 2. The van der Waals surface area contributed by atoms with Gasteiger partial charge in [-0.3, -0.25) is 4.79 Å². The predicted molar refractivity (Wildman–Crippen MR) is 53.5 cm³/mol. The Balaban J connectivity index is 2.57. The monoisotopic (exact) mass is 277 g/mol. The molecule has 2 aliphatic rings. The minimum Gasteiger partial charge on any atom is -0.505 e. The molecular weight excluding hydrogens is 268 g/mol. The van der Waals surface area contributed by atoms with E-state index in [-0.39, 0.29) is 12.8 Å². The summed E-state index contributed by atoms with van der Waals surface area (Å²) in [5.74, 6) is -10.7. The maximum Gasteiger partial charge on any atom is 0.345 e. The summed E-state index contributed by atoms with van der Waals surface area (Å²) in [4.78, 5) is 33.8. The van der Waals surface area contributed by atoms with E-state index in [2.05, 4.69) is 0 Å². The first-order valence-corrected chi connectivity index (χ1v) is 5.30. The quantitative estimate of drug-likeness (QED) is 0.611. The number of rotatable bonds is 2. The van der Waals surface area contributed by atoms with Crippen molar-refractivity contribution < 1.29 is 38.5 Å². The molecule has 0 aromatic rings. The van der Waals surface area contributed by atoms with Gasteiger partial charge in [0.2, 0.25) is 0 Å². The number of alkyl halides is 2. The summed E-state index contributed by atoms with van der Waals surface area (Å²) in [6.45, 7) is 0. The normalized spacial score (nSPS) is 29.4. The number of hydrogen-bond donors (Lipinski definition) is 3. The van der Waals surface area contributed by atoms with Gasteiger partial charge >= 0.3 is 17.9 Å². The van der Waals surface area contributed by atoms with Gasteiger partial charge in [0.25, 0.3) is 5.91 Å². The van der Waals surface area contributed by atoms with E-state index < -0.39 is 47.2 Å². The summed E-state index contributed by atoms with van der Waals surface area (Å²) >= 11 is 0. The van der Waals surface area contributed by atoms with Crippen molar-refractivity contribution in [3.05, 3.63) is 11.3 Å². The molecule has 1 saturated heterocycles. The lowest BCUT2D eigenvalue weighted by atomic mass is 9.96. The fourth-order valence-corrected chi connectivity index (χ4v) is 2.44. The molecule has 2 atom stereocenters. The van der Waals surface area contributed by atoms with Crippen molar-refractivity contribution in [3.63, 3.8) is 0 Å². The lowest BCUT2D eigenvalue weighted by Gasteiger charge is -2.37. The number of halogens is 2. The van der Waals surface area contributed by atoms with Crippen LogP contribution < -0.4 is 0 Å². The number of aliphatic hydroxyl groups excluding tert-OH is 1. The van der Waals surface area contributed by atoms with Crippen LogP contribution in [-0.4, -0.2) is 56.1 Å². The molecule has 1 unspecified atom stereocenters. The summed E-state index contributed by atoms with van der Waals surface area (Å²) < 4.78 is 27.6. The van der Waals surface area contributed by atoms with E-state index in [9.17, 15) is 28.3 Å². The van der Waals surface area contributed by atoms with Gasteiger partial charge in [-0.1, -0.05) is 0 Å². The molecule has 0 saturated carbocycles. The van der Waals surface area contributed by atoms with E-state index in [1.54, 1.807) is 0 Å². The van der Waals surface area contributed by atoms with Gasteiger partial charge < -0.3 is 20.2 Å². The van der Waals surface area contributed by atoms with Crippen LogP contribution in [0.4, 0.5) is 8.78 Å². The van der Waals surface area contributed by atoms with Gasteiger partial charge in [0.05, 0.1) is 0 Å². The van der Waals surface area contributed by atoms with E-state index in [1.165, 1.54) is 0 Å². The molecule has 0 bridgehead atoms. The summed E-state index contributed by atoms with van der Waals surface area (Å²) in [7, 11) is 0. The van der Waals surface area contributed by atoms with Gasteiger partial charge in [0.1, 0.15) is 12.1 Å². The molecule has 19 heavy (non-hydrogen) atoms. The summed E-state index contributed by atoms with van der Waals surface area (Å²) in [5.41, 5.74) is -1.48. The number of nitrogens with zero attached hydrogens (tertiary/aromatic N) is 1. The minimum atomic E-state index is -3.97. The minimum absolute atomic E-state index is 0.221. The maximum atomic E-state index is 13.8. The van der Waals surface area contributed by atoms with E-state index in [1.807, 2.05) is 0 Å². The van der Waals surface area contributed by atoms with Crippen LogP contribution in [0, 0.1) is 0 Å². The molecule has 2 heterocycles. The third-order valence-electron chi connectivity index (χ3n) is 3.30. The fourth-order valence-electron chi connectivity index (χ4n) is 2.44. The summed E-state index contributed by atoms with van der Waals surface area (Å²) in [6.07, 6.45) is -0.547. The van der Waals surface area contributed by atoms with Crippen molar-refractivity contribution in [1.29, 1.82) is 0 Å². The SMILES string of the molecule is O=C(O)C1=C(O)C(F)(F)C2CC[C@H](C(=O)O)N2C1=O. The van der Waals surface area contributed by atoms with Crippen molar-refractivity contribution in [2.24, 2.45) is 0 Å². The second-order valence-corrected chi connectivity index (χ2v) is 4.31. The average molecular weight is 277 g/mol. The molecule has 104 valence electrons. The predicted octanol–water partition coefficient (Wildman–Crippen LogP) is -0.0238. The Hall–Kier alpha value is -2.19. The molecule has 0 radical (unpaired) electrons. The lowest BCUT2D eigenvalue weighted by Crippen LogP contribution is -2.57. The van der Waals surface area contributed by atoms with Crippen LogP contribution in [0.5, 0.6) is 0 Å². The highest BCUT2D eigenvalue weighted by molar-refractivity contribution is 6.17. The number of carboxylic acid groups (broad SMARTS) is 2. The highest BCUT2D eigenvalue weighted by Crippen LogP contribution is 2.44. The first-order valence-electron chi connectivity index (χ1n) is 5.30. The smallest absolute Gasteiger partial charge is 0.345 e. The number of carbonyl (C=O) groups is 3. The van der Waals surface area contributed by atoms with Gasteiger partial charge in [0.15, 0.2) is 11.3 Å². The van der Waals surface area contributed by atoms with Crippen LogP contribution in [0.2, 0.25) is 0 Å². The van der Waals surface area contributed by atoms with Crippen molar-refractivity contribution >= 4 is 17.8 Å². The molecular formula is C10H9F2NO6. The van der Waals surface area contributed by atoms with Crippen molar-refractivity contribution in [1.82, 2.24) is 4.90 Å². The standard InChI is InChI=1S/C10H9F2NO6/c11-10(12)4-2-1-3(8(16)17)13(4)7(15)5(6(10)14)9(18)19/h3-4,14H,1-2H2,(H,16,17)(H,18,19)/t3-,4?/m1/s1. The Bertz CT molecular complexity index is 514. The van der Waals surface area contributed by atoms with E-state index in [0.717, 1.165) is 0 Å². The zero-order chi connectivity index (χ0) is 14.5. The van der Waals surface area contributed by atoms with Gasteiger partial charge in [-0.05, 0) is 12.8 Å². The molecule has 2 aliphatic heterocycles. The first kappa shape index (κ1) is 13.2. The van der Waals surface area contributed by atoms with Gasteiger partial charge in [-0.15, -0.1) is 0 Å². The molecule has 0 aliphatic carbocycles. The van der Waals surface area contributed by atoms with E-state index in [0.29, 0.717) is 4.90 Å². The van der Waals surface area contributed by atoms with Crippen molar-refractivity contribution in [3.8, 4) is 0 Å². The number of aliphatic carboxylic acids is 2. The molecule has 1 amide bonds. The van der Waals surface area contributed by atoms with Gasteiger partial charge in [-0.2, -0.15) is 8.78 Å². The zero-order valence-electron chi connectivity index (χ0n) is 9.34. The van der Waals surface area contributed by atoms with Crippen LogP contribution in [0.1, 0.15) is 12.8 Å². The van der Waals surface area contributed by atoms with Crippen molar-refractivity contribution in [2.75, 3.05) is 0 Å². The zero-order valence-corrected chi connectivity index (χ0v) is 9.34. The Kier molecular flexibility index (Phi) is 2.72. The Morgan fingerprint density at radius 2 is 1.84 bits per heavy atom. The third-order valence-corrected chi connectivity index (χ3v) is 3.30. The van der Waals surface area contributed by atoms with Crippen LogP contribution in [0.15, 0.2) is 11.3 Å². The maximum absolute atomic E-state index is 13.8.